The number of fused-ring (bicyclic) bond motifs is 1. The first-order chi connectivity index (χ1) is 11.5. The van der Waals surface area contributed by atoms with Gasteiger partial charge in [-0.1, -0.05) is 42.4 Å². The molecule has 7 heteroatoms. The first-order valence-corrected chi connectivity index (χ1v) is 9.59. The van der Waals surface area contributed by atoms with Crippen LogP contribution in [0, 0.1) is 6.92 Å². The number of thiophene rings is 1. The molecule has 24 heavy (non-hydrogen) atoms. The van der Waals surface area contributed by atoms with Crippen LogP contribution in [0.4, 0.5) is 0 Å². The Labute approximate surface area is 152 Å². The minimum Gasteiger partial charge on any atom is -0.290 e. The predicted molar refractivity (Wildman–Crippen MR) is 102 cm³/mol. The van der Waals surface area contributed by atoms with Crippen molar-refractivity contribution in [2.75, 3.05) is 5.75 Å². The third kappa shape index (κ3) is 3.27. The van der Waals surface area contributed by atoms with Gasteiger partial charge in [0.15, 0.2) is 0 Å². The Morgan fingerprint density at radius 3 is 2.92 bits per heavy atom. The fourth-order valence-corrected chi connectivity index (χ4v) is 4.33. The third-order valence-electron chi connectivity index (χ3n) is 3.57. The largest absolute Gasteiger partial charge is 0.290 e. The Balaban J connectivity index is 2.18. The fourth-order valence-electron chi connectivity index (χ4n) is 2.59. The summed E-state index contributed by atoms with van der Waals surface area (Å²) < 4.78 is 1.38. The normalized spacial score (nSPS) is 11.1. The van der Waals surface area contributed by atoms with Gasteiger partial charge in [0.1, 0.15) is 4.83 Å². The first kappa shape index (κ1) is 17.2. The molecular formula is C17H15ClN2O2S2. The summed E-state index contributed by atoms with van der Waals surface area (Å²) in [7, 11) is 0. The molecule has 0 radical (unpaired) electrons. The zero-order valence-corrected chi connectivity index (χ0v) is 15.6. The van der Waals surface area contributed by atoms with Crippen LogP contribution in [0.1, 0.15) is 11.8 Å². The molecule has 3 rings (SSSR count). The molecule has 1 aromatic carbocycles. The topological polar surface area (TPSA) is 52.0 Å². The van der Waals surface area contributed by atoms with E-state index in [0.29, 0.717) is 21.0 Å². The van der Waals surface area contributed by atoms with Crippen LogP contribution >= 0.6 is 34.7 Å². The van der Waals surface area contributed by atoms with E-state index in [1.54, 1.807) is 6.07 Å². The van der Waals surface area contributed by atoms with Crippen LogP contribution in [0.3, 0.4) is 0 Å². The van der Waals surface area contributed by atoms with Gasteiger partial charge in [0.05, 0.1) is 18.3 Å². The van der Waals surface area contributed by atoms with Gasteiger partial charge in [0.2, 0.25) is 5.12 Å². The van der Waals surface area contributed by atoms with E-state index in [4.69, 9.17) is 11.6 Å². The van der Waals surface area contributed by atoms with Crippen molar-refractivity contribution in [3.8, 4) is 11.1 Å². The van der Waals surface area contributed by atoms with Gasteiger partial charge in [-0.3, -0.25) is 14.2 Å². The van der Waals surface area contributed by atoms with E-state index in [-0.39, 0.29) is 17.2 Å². The van der Waals surface area contributed by atoms with E-state index in [9.17, 15) is 9.59 Å². The fraction of sp³-hybridized carbons (Fsp3) is 0.235. The Morgan fingerprint density at radius 1 is 1.42 bits per heavy atom. The molecule has 0 spiro atoms. The number of halogens is 1. The van der Waals surface area contributed by atoms with Gasteiger partial charge < -0.3 is 0 Å². The van der Waals surface area contributed by atoms with Crippen LogP contribution in [0.5, 0.6) is 0 Å². The quantitative estimate of drug-likeness (QED) is 0.676. The molecule has 0 unspecified atom stereocenters. The van der Waals surface area contributed by atoms with Gasteiger partial charge in [-0.2, -0.15) is 0 Å². The highest BCUT2D eigenvalue weighted by Crippen LogP contribution is 2.36. The number of carbonyl (C=O) groups excluding carboxylic acids is 1. The summed E-state index contributed by atoms with van der Waals surface area (Å²) in [4.78, 5) is 30.8. The minimum absolute atomic E-state index is 0.0319. The Morgan fingerprint density at radius 2 is 2.21 bits per heavy atom. The number of benzene rings is 1. The standard InChI is InChI=1S/C17H15ClN2O2S2/c1-3-23-13(21)8-20-9-19-16-15(17(20)22)14(10(2)24-16)11-5-4-6-12(18)7-11/h4-7,9H,3,8H2,1-2H3. The number of hydrogen-bond donors (Lipinski definition) is 0. The van der Waals surface area contributed by atoms with Crippen molar-refractivity contribution >= 4 is 50.0 Å². The maximum atomic E-state index is 12.9. The van der Waals surface area contributed by atoms with E-state index in [0.717, 1.165) is 16.0 Å². The van der Waals surface area contributed by atoms with Gasteiger partial charge >= 0.3 is 0 Å². The lowest BCUT2D eigenvalue weighted by Crippen LogP contribution is -2.23. The van der Waals surface area contributed by atoms with Crippen molar-refractivity contribution in [3.63, 3.8) is 0 Å². The van der Waals surface area contributed by atoms with Crippen LogP contribution in [0.2, 0.25) is 5.02 Å². The Bertz CT molecular complexity index is 978. The van der Waals surface area contributed by atoms with E-state index in [1.807, 2.05) is 32.0 Å². The van der Waals surface area contributed by atoms with E-state index in [2.05, 4.69) is 4.98 Å². The van der Waals surface area contributed by atoms with Crippen molar-refractivity contribution in [2.45, 2.75) is 20.4 Å². The molecule has 2 aromatic heterocycles. The van der Waals surface area contributed by atoms with E-state index in [1.165, 1.54) is 34.0 Å². The number of rotatable bonds is 4. The van der Waals surface area contributed by atoms with Crippen LogP contribution in [0.25, 0.3) is 21.3 Å². The zero-order chi connectivity index (χ0) is 17.3. The number of nitrogens with zero attached hydrogens (tertiary/aromatic N) is 2. The van der Waals surface area contributed by atoms with Crippen molar-refractivity contribution in [3.05, 3.63) is 50.8 Å². The molecule has 0 amide bonds. The van der Waals surface area contributed by atoms with Gasteiger partial charge in [0.25, 0.3) is 5.56 Å². The highest BCUT2D eigenvalue weighted by atomic mass is 35.5. The van der Waals surface area contributed by atoms with Crippen LogP contribution in [-0.2, 0) is 11.3 Å². The maximum absolute atomic E-state index is 12.9. The van der Waals surface area contributed by atoms with Gasteiger partial charge in [-0.05, 0) is 30.4 Å². The lowest BCUT2D eigenvalue weighted by Gasteiger charge is -2.06. The molecule has 3 aromatic rings. The molecule has 0 N–H and O–H groups in total. The second kappa shape index (κ2) is 7.09. The molecule has 0 aliphatic rings. The molecule has 0 saturated heterocycles. The second-order valence-corrected chi connectivity index (χ2v) is 8.17. The van der Waals surface area contributed by atoms with Crippen LogP contribution in [0.15, 0.2) is 35.4 Å². The molecule has 4 nitrogen and oxygen atoms in total. The zero-order valence-electron chi connectivity index (χ0n) is 13.2. The molecule has 124 valence electrons. The van der Waals surface area contributed by atoms with E-state index < -0.39 is 0 Å². The predicted octanol–water partition coefficient (Wildman–Crippen LogP) is 4.37. The molecule has 0 bridgehead atoms. The highest BCUT2D eigenvalue weighted by Gasteiger charge is 2.18. The monoisotopic (exact) mass is 378 g/mol. The van der Waals surface area contributed by atoms with Crippen LogP contribution < -0.4 is 5.56 Å². The molecule has 0 aliphatic heterocycles. The number of thioether (sulfide) groups is 1. The lowest BCUT2D eigenvalue weighted by atomic mass is 10.0. The molecule has 2 heterocycles. The summed E-state index contributed by atoms with van der Waals surface area (Å²) in [5, 5.41) is 1.12. The summed E-state index contributed by atoms with van der Waals surface area (Å²) in [5.41, 5.74) is 1.54. The number of aromatic nitrogens is 2. The molecular weight excluding hydrogens is 364 g/mol. The maximum Gasteiger partial charge on any atom is 0.263 e. The Hall–Kier alpha value is -1.63. The highest BCUT2D eigenvalue weighted by molar-refractivity contribution is 8.13. The molecule has 0 aliphatic carbocycles. The SMILES string of the molecule is CCSC(=O)Cn1cnc2sc(C)c(-c3cccc(Cl)c3)c2c1=O. The summed E-state index contributed by atoms with van der Waals surface area (Å²) in [6.07, 6.45) is 1.45. The second-order valence-electron chi connectivity index (χ2n) is 5.21. The number of hydrogen-bond acceptors (Lipinski definition) is 5. The molecule has 0 saturated carbocycles. The summed E-state index contributed by atoms with van der Waals surface area (Å²) in [5.74, 6) is 0.689. The molecule has 0 fully saturated rings. The number of carbonyl (C=O) groups is 1. The summed E-state index contributed by atoms with van der Waals surface area (Å²) >= 11 is 8.78. The van der Waals surface area contributed by atoms with E-state index >= 15 is 0 Å². The van der Waals surface area contributed by atoms with Crippen molar-refractivity contribution in [1.82, 2.24) is 9.55 Å². The average Bonchev–Trinajstić information content (AvgIpc) is 2.87. The first-order valence-electron chi connectivity index (χ1n) is 7.41. The van der Waals surface area contributed by atoms with Crippen molar-refractivity contribution in [1.29, 1.82) is 0 Å². The Kier molecular flexibility index (Phi) is 5.08. The lowest BCUT2D eigenvalue weighted by molar-refractivity contribution is -0.111. The summed E-state index contributed by atoms with van der Waals surface area (Å²) in [6.45, 7) is 3.90. The molecule has 0 atom stereocenters. The van der Waals surface area contributed by atoms with Crippen molar-refractivity contribution in [2.24, 2.45) is 0 Å². The van der Waals surface area contributed by atoms with Gasteiger partial charge in [-0.25, -0.2) is 4.98 Å². The summed E-state index contributed by atoms with van der Waals surface area (Å²) in [6, 6.07) is 7.42. The third-order valence-corrected chi connectivity index (χ3v) is 5.56. The van der Waals surface area contributed by atoms with Gasteiger partial charge in [-0.15, -0.1) is 11.3 Å². The minimum atomic E-state index is -0.190. The van der Waals surface area contributed by atoms with Crippen LogP contribution in [-0.4, -0.2) is 20.4 Å². The average molecular weight is 379 g/mol. The smallest absolute Gasteiger partial charge is 0.263 e. The number of aryl methyl sites for hydroxylation is 1. The van der Waals surface area contributed by atoms with Gasteiger partial charge in [0, 0.05) is 15.5 Å². The van der Waals surface area contributed by atoms with Crippen molar-refractivity contribution < 1.29 is 4.79 Å².